The number of allylic oxidation sites excluding steroid dienone is 1. The van der Waals surface area contributed by atoms with Crippen LogP contribution in [0.2, 0.25) is 0 Å². The van der Waals surface area contributed by atoms with Gasteiger partial charge in [-0.25, -0.2) is 0 Å². The Hall–Kier alpha value is -4.46. The summed E-state index contributed by atoms with van der Waals surface area (Å²) in [6.45, 7) is 26.7. The zero-order valence-corrected chi connectivity index (χ0v) is 34.4. The van der Waals surface area contributed by atoms with Crippen molar-refractivity contribution in [2.24, 2.45) is 0 Å². The number of benzene rings is 4. The molecule has 52 heavy (non-hydrogen) atoms. The van der Waals surface area contributed by atoms with Gasteiger partial charge in [-0.1, -0.05) is 107 Å². The van der Waals surface area contributed by atoms with Gasteiger partial charge < -0.3 is 9.47 Å². The number of hydrogen-bond acceptors (Lipinski definition) is 5. The van der Waals surface area contributed by atoms with Crippen molar-refractivity contribution in [2.45, 2.75) is 105 Å². The van der Waals surface area contributed by atoms with Crippen LogP contribution in [-0.4, -0.2) is 19.1 Å². The zero-order chi connectivity index (χ0) is 39.0. The first-order valence-corrected chi connectivity index (χ1v) is 19.1. The van der Waals surface area contributed by atoms with E-state index in [0.29, 0.717) is 11.1 Å². The van der Waals surface area contributed by atoms with E-state index >= 15 is 0 Å². The third-order valence-electron chi connectivity index (χ3n) is 9.29. The topological polar surface area (TPSA) is 85.4 Å². The van der Waals surface area contributed by atoms with E-state index in [9.17, 15) is 15.4 Å². The molecule has 0 atom stereocenters. The van der Waals surface area contributed by atoms with Crippen molar-refractivity contribution in [3.8, 4) is 17.6 Å². The van der Waals surface area contributed by atoms with Crippen LogP contribution in [0.4, 0.5) is 5.69 Å². The third kappa shape index (κ3) is 8.59. The highest BCUT2D eigenvalue weighted by atomic mass is 31.1. The molecule has 0 aliphatic heterocycles. The van der Waals surface area contributed by atoms with Crippen LogP contribution in [0, 0.1) is 21.4 Å². The molecule has 0 aliphatic rings. The summed E-state index contributed by atoms with van der Waals surface area (Å²) in [6.07, 6.45) is 1.92. The molecule has 0 saturated carbocycles. The normalized spacial score (nSPS) is 12.8. The van der Waals surface area contributed by atoms with E-state index in [1.807, 2.05) is 12.1 Å². The van der Waals surface area contributed by atoms with Crippen molar-refractivity contribution >= 4 is 41.2 Å². The van der Waals surface area contributed by atoms with E-state index in [2.05, 4.69) is 132 Å². The maximum atomic E-state index is 11.4. The molecule has 0 fully saturated rings. The SMILES string of the molecule is COc1c(C(C)(C)C)cc(P(c2cc(C(C)(C)C)c(OC)c(C(C)(C)C)c2)c2ccccc2/C=C(\C#N)c2ccc([N+](=O)[O-])cc2)cc1C(C)(C)C. The van der Waals surface area contributed by atoms with Crippen molar-refractivity contribution < 1.29 is 14.4 Å². The van der Waals surface area contributed by atoms with E-state index in [-0.39, 0.29) is 27.3 Å². The highest BCUT2D eigenvalue weighted by Crippen LogP contribution is 2.47. The van der Waals surface area contributed by atoms with Crippen molar-refractivity contribution in [1.82, 2.24) is 0 Å². The Bertz CT molecular complexity index is 1870. The number of nitrogens with zero attached hydrogens (tertiary/aromatic N) is 2. The molecule has 0 amide bonds. The van der Waals surface area contributed by atoms with Crippen LogP contribution in [0.25, 0.3) is 11.6 Å². The van der Waals surface area contributed by atoms with Gasteiger partial charge in [-0.15, -0.1) is 0 Å². The molecule has 0 heterocycles. The molecule has 7 heteroatoms. The first-order valence-electron chi connectivity index (χ1n) is 17.7. The molecule has 0 aliphatic carbocycles. The molecule has 4 aromatic rings. The lowest BCUT2D eigenvalue weighted by molar-refractivity contribution is -0.384. The maximum absolute atomic E-state index is 11.4. The molecule has 4 rings (SSSR count). The van der Waals surface area contributed by atoms with Gasteiger partial charge in [0.2, 0.25) is 0 Å². The second kappa shape index (κ2) is 14.9. The second-order valence-corrected chi connectivity index (χ2v) is 19.7. The van der Waals surface area contributed by atoms with Crippen LogP contribution in [0.5, 0.6) is 11.5 Å². The number of ether oxygens (including phenoxy) is 2. The van der Waals surface area contributed by atoms with E-state index in [0.717, 1.165) is 44.6 Å². The first-order chi connectivity index (χ1) is 24.0. The molecule has 0 spiro atoms. The number of nitro benzene ring substituents is 1. The zero-order valence-electron chi connectivity index (χ0n) is 33.5. The fourth-order valence-corrected chi connectivity index (χ4v) is 9.01. The first kappa shape index (κ1) is 40.3. The summed E-state index contributed by atoms with van der Waals surface area (Å²) in [5.74, 6) is 1.83. The summed E-state index contributed by atoms with van der Waals surface area (Å²) in [5, 5.41) is 25.3. The molecular formula is C45H55N2O4P. The number of hydrogen-bond donors (Lipinski definition) is 0. The Morgan fingerprint density at radius 2 is 1.06 bits per heavy atom. The van der Waals surface area contributed by atoms with Gasteiger partial charge in [0, 0.05) is 34.4 Å². The smallest absolute Gasteiger partial charge is 0.269 e. The summed E-state index contributed by atoms with van der Waals surface area (Å²) < 4.78 is 12.4. The van der Waals surface area contributed by atoms with Gasteiger partial charge in [0.15, 0.2) is 0 Å². The molecule has 0 unspecified atom stereocenters. The highest BCUT2D eigenvalue weighted by molar-refractivity contribution is 7.80. The lowest BCUT2D eigenvalue weighted by Gasteiger charge is -2.34. The second-order valence-electron chi connectivity index (χ2n) is 17.5. The Morgan fingerprint density at radius 3 is 1.38 bits per heavy atom. The van der Waals surface area contributed by atoms with Crippen LogP contribution in [0.3, 0.4) is 0 Å². The molecule has 6 nitrogen and oxygen atoms in total. The summed E-state index contributed by atoms with van der Waals surface area (Å²) in [7, 11) is 2.30. The molecular weight excluding hydrogens is 663 g/mol. The van der Waals surface area contributed by atoms with Crippen LogP contribution in [0.1, 0.15) is 116 Å². The van der Waals surface area contributed by atoms with Gasteiger partial charge in [-0.3, -0.25) is 10.1 Å². The lowest BCUT2D eigenvalue weighted by Crippen LogP contribution is -2.29. The quantitative estimate of drug-likeness (QED) is 0.0595. The number of rotatable bonds is 8. The maximum Gasteiger partial charge on any atom is 0.269 e. The minimum atomic E-state index is -1.23. The average Bonchev–Trinajstić information content (AvgIpc) is 3.05. The van der Waals surface area contributed by atoms with Crippen LogP contribution >= 0.6 is 7.92 Å². The summed E-state index contributed by atoms with van der Waals surface area (Å²) in [5.41, 5.74) is 5.68. The summed E-state index contributed by atoms with van der Waals surface area (Å²) >= 11 is 0. The Kier molecular flexibility index (Phi) is 11.5. The van der Waals surface area contributed by atoms with Gasteiger partial charge in [-0.05, 0) is 99.1 Å². The number of methoxy groups -OCH3 is 2. The standard InChI is InChI=1S/C45H55N2O4P/c1-42(2,3)35-24-33(25-36(40(35)50-13)43(4,5)6)52(34-26-37(44(7,8)9)41(51-14)38(27-34)45(10,11)12)39-18-16-15-17-30(39)23-31(28-46)29-19-21-32(22-20-29)47(48)49/h15-27H,1-14H3/b31-23+. The van der Waals surface area contributed by atoms with Crippen LogP contribution in [-0.2, 0) is 21.7 Å². The van der Waals surface area contributed by atoms with E-state index < -0.39 is 12.8 Å². The summed E-state index contributed by atoms with van der Waals surface area (Å²) in [6, 6.07) is 26.2. The average molecular weight is 719 g/mol. The predicted molar refractivity (Wildman–Crippen MR) is 220 cm³/mol. The number of nitro groups is 1. The predicted octanol–water partition coefficient (Wildman–Crippen LogP) is 10.6. The van der Waals surface area contributed by atoms with Gasteiger partial charge in [0.25, 0.3) is 5.69 Å². The van der Waals surface area contributed by atoms with Gasteiger partial charge in [0.05, 0.1) is 30.8 Å². The van der Waals surface area contributed by atoms with E-state index in [4.69, 9.17) is 9.47 Å². The van der Waals surface area contributed by atoms with Crippen molar-refractivity contribution in [3.63, 3.8) is 0 Å². The van der Waals surface area contributed by atoms with Crippen LogP contribution in [0.15, 0.2) is 72.8 Å². The molecule has 4 aromatic carbocycles. The highest BCUT2D eigenvalue weighted by Gasteiger charge is 2.33. The van der Waals surface area contributed by atoms with E-state index in [1.165, 1.54) is 22.7 Å². The van der Waals surface area contributed by atoms with Crippen molar-refractivity contribution in [2.75, 3.05) is 14.2 Å². The van der Waals surface area contributed by atoms with Crippen LogP contribution < -0.4 is 25.4 Å². The fraction of sp³-hybridized carbons (Fsp3) is 0.400. The molecule has 0 radical (unpaired) electrons. The van der Waals surface area contributed by atoms with Crippen molar-refractivity contribution in [1.29, 1.82) is 5.26 Å². The Labute approximate surface area is 312 Å². The molecule has 0 bridgehead atoms. The third-order valence-corrected chi connectivity index (χ3v) is 11.7. The van der Waals surface area contributed by atoms with Gasteiger partial charge in [-0.2, -0.15) is 5.26 Å². The Morgan fingerprint density at radius 1 is 0.673 bits per heavy atom. The van der Waals surface area contributed by atoms with Crippen molar-refractivity contribution in [3.05, 3.63) is 116 Å². The lowest BCUT2D eigenvalue weighted by atomic mass is 9.79. The Balaban J connectivity index is 2.21. The minimum Gasteiger partial charge on any atom is -0.496 e. The molecule has 0 N–H and O–H groups in total. The van der Waals surface area contributed by atoms with E-state index in [1.54, 1.807) is 26.4 Å². The molecule has 274 valence electrons. The summed E-state index contributed by atoms with van der Waals surface area (Å²) in [4.78, 5) is 10.9. The van der Waals surface area contributed by atoms with Gasteiger partial charge in [0.1, 0.15) is 11.5 Å². The van der Waals surface area contributed by atoms with Gasteiger partial charge >= 0.3 is 0 Å². The monoisotopic (exact) mass is 718 g/mol. The molecule has 0 aromatic heterocycles. The minimum absolute atomic E-state index is 0.0161. The largest absolute Gasteiger partial charge is 0.496 e. The number of nitriles is 1. The molecule has 0 saturated heterocycles. The fourth-order valence-electron chi connectivity index (χ4n) is 6.49. The number of non-ortho nitro benzene ring substituents is 1.